The molecule has 2 aromatic rings. The fourth-order valence-electron chi connectivity index (χ4n) is 2.02. The summed E-state index contributed by atoms with van der Waals surface area (Å²) >= 11 is 5.06. The zero-order valence-corrected chi connectivity index (χ0v) is 14.9. The monoisotopic (exact) mass is 361 g/mol. The molecular weight excluding hydrogens is 341 g/mol. The van der Waals surface area contributed by atoms with Crippen molar-refractivity contribution in [1.29, 1.82) is 0 Å². The Bertz CT molecular complexity index is 750. The van der Waals surface area contributed by atoms with Gasteiger partial charge < -0.3 is 10.1 Å². The molecule has 2 rings (SSSR count). The normalized spacial score (nSPS) is 10.0. The van der Waals surface area contributed by atoms with Gasteiger partial charge in [0.05, 0.1) is 0 Å². The highest BCUT2D eigenvalue weighted by Gasteiger charge is 2.06. The Balaban J connectivity index is 1.69. The van der Waals surface area contributed by atoms with Crippen molar-refractivity contribution in [2.45, 2.75) is 20.4 Å². The summed E-state index contributed by atoms with van der Waals surface area (Å²) < 4.78 is 18.3. The smallest absolute Gasteiger partial charge is 0.276 e. The largest absolute Gasteiger partial charge is 0.483 e. The van der Waals surface area contributed by atoms with Gasteiger partial charge >= 0.3 is 0 Å². The highest BCUT2D eigenvalue weighted by Crippen LogP contribution is 2.20. The van der Waals surface area contributed by atoms with E-state index in [0.717, 1.165) is 16.7 Å². The lowest BCUT2D eigenvalue weighted by Crippen LogP contribution is -2.48. The molecule has 0 radical (unpaired) electrons. The topological polar surface area (TPSA) is 62.4 Å². The first-order chi connectivity index (χ1) is 12.0. The van der Waals surface area contributed by atoms with Crippen LogP contribution in [0.15, 0.2) is 42.5 Å². The lowest BCUT2D eigenvalue weighted by atomic mass is 10.1. The van der Waals surface area contributed by atoms with E-state index in [1.54, 1.807) is 12.1 Å². The average molecular weight is 361 g/mol. The Hall–Kier alpha value is -2.67. The summed E-state index contributed by atoms with van der Waals surface area (Å²) in [5.41, 5.74) is 8.02. The number of benzene rings is 2. The number of halogens is 1. The second kappa shape index (κ2) is 8.98. The van der Waals surface area contributed by atoms with Crippen LogP contribution in [0.1, 0.15) is 16.7 Å². The Kier molecular flexibility index (Phi) is 6.71. The molecule has 2 aromatic carbocycles. The first kappa shape index (κ1) is 18.7. The molecule has 1 amide bonds. The van der Waals surface area contributed by atoms with Gasteiger partial charge in [0, 0.05) is 6.54 Å². The third-order valence-corrected chi connectivity index (χ3v) is 3.84. The zero-order chi connectivity index (χ0) is 18.2. The van der Waals surface area contributed by atoms with E-state index in [1.807, 2.05) is 32.0 Å². The summed E-state index contributed by atoms with van der Waals surface area (Å²) in [4.78, 5) is 11.8. The van der Waals surface area contributed by atoms with Crippen LogP contribution in [0.4, 0.5) is 4.39 Å². The minimum absolute atomic E-state index is 0.127. The van der Waals surface area contributed by atoms with Gasteiger partial charge in [-0.1, -0.05) is 24.3 Å². The molecule has 0 spiro atoms. The molecule has 0 fully saturated rings. The van der Waals surface area contributed by atoms with E-state index in [-0.39, 0.29) is 23.4 Å². The molecule has 0 bridgehead atoms. The van der Waals surface area contributed by atoms with Crippen LogP contribution >= 0.6 is 12.2 Å². The number of carbonyl (C=O) groups excluding carboxylic acids is 1. The highest BCUT2D eigenvalue weighted by molar-refractivity contribution is 7.80. The molecule has 25 heavy (non-hydrogen) atoms. The molecule has 0 aliphatic heterocycles. The van der Waals surface area contributed by atoms with Crippen LogP contribution in [-0.2, 0) is 11.3 Å². The molecule has 0 unspecified atom stereocenters. The Labute approximate surface area is 151 Å². The number of ether oxygens (including phenoxy) is 1. The van der Waals surface area contributed by atoms with Crippen LogP contribution in [-0.4, -0.2) is 17.6 Å². The highest BCUT2D eigenvalue weighted by atomic mass is 32.1. The van der Waals surface area contributed by atoms with Crippen LogP contribution in [0, 0.1) is 19.7 Å². The molecule has 3 N–H and O–H groups in total. The fraction of sp³-hybridized carbons (Fsp3) is 0.222. The Morgan fingerprint density at radius 2 is 1.84 bits per heavy atom. The number of rotatable bonds is 5. The molecule has 0 saturated carbocycles. The van der Waals surface area contributed by atoms with Gasteiger partial charge in [-0.3, -0.25) is 15.6 Å². The van der Waals surface area contributed by atoms with Crippen molar-refractivity contribution < 1.29 is 13.9 Å². The summed E-state index contributed by atoms with van der Waals surface area (Å²) in [5.74, 6) is 0.0274. The van der Waals surface area contributed by atoms with E-state index in [4.69, 9.17) is 17.0 Å². The number of hydrogen-bond donors (Lipinski definition) is 3. The van der Waals surface area contributed by atoms with Gasteiger partial charge in [0.15, 0.2) is 11.7 Å². The lowest BCUT2D eigenvalue weighted by Gasteiger charge is -2.13. The molecule has 7 heteroatoms. The van der Waals surface area contributed by atoms with Crippen molar-refractivity contribution in [2.24, 2.45) is 0 Å². The van der Waals surface area contributed by atoms with Crippen LogP contribution in [0.2, 0.25) is 0 Å². The SMILES string of the molecule is Cc1cccc(OCC(=O)NNC(=S)NCc2ccc(F)cc2)c1C. The number of thiocarbonyl (C=S) groups is 1. The predicted octanol–water partition coefficient (Wildman–Crippen LogP) is 2.52. The van der Waals surface area contributed by atoms with Gasteiger partial charge in [0.1, 0.15) is 11.6 Å². The Morgan fingerprint density at radius 3 is 2.56 bits per heavy atom. The average Bonchev–Trinajstić information content (AvgIpc) is 2.60. The van der Waals surface area contributed by atoms with Gasteiger partial charge in [-0.05, 0) is 61.0 Å². The van der Waals surface area contributed by atoms with Gasteiger partial charge in [0.25, 0.3) is 5.91 Å². The first-order valence-electron chi connectivity index (χ1n) is 7.72. The number of hydrogen-bond acceptors (Lipinski definition) is 3. The van der Waals surface area contributed by atoms with Crippen molar-refractivity contribution in [3.8, 4) is 5.75 Å². The maximum absolute atomic E-state index is 12.8. The molecule has 0 saturated heterocycles. The predicted molar refractivity (Wildman–Crippen MR) is 98.5 cm³/mol. The standard InChI is InChI=1S/C18H20FN3O2S/c1-12-4-3-5-16(13(12)2)24-11-17(23)21-22-18(25)20-10-14-6-8-15(19)9-7-14/h3-9H,10-11H2,1-2H3,(H,21,23)(H2,20,22,25). The van der Waals surface area contributed by atoms with E-state index < -0.39 is 0 Å². The van der Waals surface area contributed by atoms with Crippen molar-refractivity contribution >= 4 is 23.2 Å². The fourth-order valence-corrected chi connectivity index (χ4v) is 2.14. The zero-order valence-electron chi connectivity index (χ0n) is 14.1. The van der Waals surface area contributed by atoms with Crippen LogP contribution in [0.25, 0.3) is 0 Å². The van der Waals surface area contributed by atoms with Crippen molar-refractivity contribution in [3.63, 3.8) is 0 Å². The molecule has 132 valence electrons. The number of amides is 1. The first-order valence-corrected chi connectivity index (χ1v) is 8.12. The second-order valence-corrected chi connectivity index (χ2v) is 5.88. The molecule has 0 aromatic heterocycles. The number of carbonyl (C=O) groups is 1. The summed E-state index contributed by atoms with van der Waals surface area (Å²) in [6.07, 6.45) is 0. The molecule has 0 heterocycles. The number of nitrogens with one attached hydrogen (secondary N) is 3. The Morgan fingerprint density at radius 1 is 1.12 bits per heavy atom. The molecule has 0 aliphatic carbocycles. The third kappa shape index (κ3) is 6.04. The van der Waals surface area contributed by atoms with E-state index in [2.05, 4.69) is 16.2 Å². The maximum Gasteiger partial charge on any atom is 0.276 e. The van der Waals surface area contributed by atoms with Crippen molar-refractivity contribution in [3.05, 3.63) is 65.0 Å². The van der Waals surface area contributed by atoms with Gasteiger partial charge in [-0.2, -0.15) is 0 Å². The maximum atomic E-state index is 12.8. The van der Waals surface area contributed by atoms with Gasteiger partial charge in [-0.15, -0.1) is 0 Å². The molecule has 0 aliphatic rings. The van der Waals surface area contributed by atoms with Crippen LogP contribution in [0.5, 0.6) is 5.75 Å². The van der Waals surface area contributed by atoms with Crippen molar-refractivity contribution in [1.82, 2.24) is 16.2 Å². The van der Waals surface area contributed by atoms with E-state index in [9.17, 15) is 9.18 Å². The van der Waals surface area contributed by atoms with E-state index in [1.165, 1.54) is 12.1 Å². The number of aryl methyl sites for hydroxylation is 1. The van der Waals surface area contributed by atoms with Gasteiger partial charge in [0.2, 0.25) is 0 Å². The third-order valence-electron chi connectivity index (χ3n) is 3.60. The lowest BCUT2D eigenvalue weighted by molar-refractivity contribution is -0.123. The summed E-state index contributed by atoms with van der Waals surface area (Å²) in [6.45, 7) is 4.21. The van der Waals surface area contributed by atoms with E-state index >= 15 is 0 Å². The minimum atomic E-state index is -0.355. The van der Waals surface area contributed by atoms with Crippen molar-refractivity contribution in [2.75, 3.05) is 6.61 Å². The summed E-state index contributed by atoms with van der Waals surface area (Å²) in [7, 11) is 0. The van der Waals surface area contributed by atoms with E-state index in [0.29, 0.717) is 12.3 Å². The summed E-state index contributed by atoms with van der Waals surface area (Å²) in [5, 5.41) is 3.16. The van der Waals surface area contributed by atoms with Crippen LogP contribution < -0.4 is 20.9 Å². The molecular formula is C18H20FN3O2S. The number of hydrazine groups is 1. The van der Waals surface area contributed by atoms with Gasteiger partial charge in [-0.25, -0.2) is 4.39 Å². The quantitative estimate of drug-likeness (QED) is 0.564. The summed E-state index contributed by atoms with van der Waals surface area (Å²) in [6, 6.07) is 11.7. The molecule has 0 atom stereocenters. The minimum Gasteiger partial charge on any atom is -0.483 e. The van der Waals surface area contributed by atoms with Crippen LogP contribution in [0.3, 0.4) is 0 Å². The molecule has 5 nitrogen and oxygen atoms in total. The second-order valence-electron chi connectivity index (χ2n) is 5.47.